The average molecular weight is 281 g/mol. The van der Waals surface area contributed by atoms with E-state index in [0.29, 0.717) is 5.02 Å². The maximum Gasteiger partial charge on any atom is 0.180 e. The number of halogens is 1. The summed E-state index contributed by atoms with van der Waals surface area (Å²) in [4.78, 5) is 6.67. The van der Waals surface area contributed by atoms with Crippen molar-refractivity contribution in [3.63, 3.8) is 0 Å². The van der Waals surface area contributed by atoms with Crippen LogP contribution < -0.4 is 0 Å². The van der Waals surface area contributed by atoms with E-state index >= 15 is 0 Å². The summed E-state index contributed by atoms with van der Waals surface area (Å²) in [5.41, 5.74) is 1.80. The highest BCUT2D eigenvalue weighted by atomic mass is 35.5. The summed E-state index contributed by atoms with van der Waals surface area (Å²) >= 11 is 6.50. The maximum atomic E-state index is 6.50. The van der Waals surface area contributed by atoms with E-state index in [1.54, 1.807) is 4.68 Å². The van der Waals surface area contributed by atoms with Crippen molar-refractivity contribution in [3.05, 3.63) is 16.5 Å². The van der Waals surface area contributed by atoms with Gasteiger partial charge in [-0.3, -0.25) is 4.68 Å². The first-order chi connectivity index (χ1) is 9.06. The third-order valence-corrected chi connectivity index (χ3v) is 3.80. The van der Waals surface area contributed by atoms with Crippen LogP contribution in [0.5, 0.6) is 0 Å². The van der Waals surface area contributed by atoms with Crippen molar-refractivity contribution < 1.29 is 0 Å². The SMILES string of the molecule is Cc1nc(-c2nn3c(c2Cl)CN(C)CCC3)n(C)n1. The van der Waals surface area contributed by atoms with Crippen LogP contribution in [-0.4, -0.2) is 43.0 Å². The Bertz CT molecular complexity index is 614. The molecule has 102 valence electrons. The zero-order chi connectivity index (χ0) is 13.6. The van der Waals surface area contributed by atoms with Crippen LogP contribution in [0, 0.1) is 6.92 Å². The minimum atomic E-state index is 0.698. The van der Waals surface area contributed by atoms with Crippen LogP contribution in [0.1, 0.15) is 17.9 Å². The molecule has 0 aromatic carbocycles. The fourth-order valence-corrected chi connectivity index (χ4v) is 2.78. The monoisotopic (exact) mass is 280 g/mol. The summed E-state index contributed by atoms with van der Waals surface area (Å²) in [6.07, 6.45) is 1.08. The molecule has 3 rings (SSSR count). The van der Waals surface area contributed by atoms with Gasteiger partial charge in [0.1, 0.15) is 11.5 Å². The molecule has 19 heavy (non-hydrogen) atoms. The second kappa shape index (κ2) is 4.61. The molecular formula is C12H17ClN6. The molecule has 0 aliphatic carbocycles. The normalized spacial score (nSPS) is 16.4. The summed E-state index contributed by atoms with van der Waals surface area (Å²) in [5.74, 6) is 1.46. The zero-order valence-corrected chi connectivity index (χ0v) is 12.1. The van der Waals surface area contributed by atoms with Gasteiger partial charge in [-0.05, 0) is 20.4 Å². The van der Waals surface area contributed by atoms with E-state index in [0.717, 1.165) is 49.1 Å². The van der Waals surface area contributed by atoms with Gasteiger partial charge in [-0.2, -0.15) is 10.2 Å². The van der Waals surface area contributed by atoms with Gasteiger partial charge in [0, 0.05) is 26.7 Å². The topological polar surface area (TPSA) is 51.8 Å². The molecular weight excluding hydrogens is 264 g/mol. The first-order valence-corrected chi connectivity index (χ1v) is 6.76. The molecule has 0 fully saturated rings. The van der Waals surface area contributed by atoms with Crippen LogP contribution in [0.25, 0.3) is 11.5 Å². The first kappa shape index (κ1) is 12.6. The summed E-state index contributed by atoms with van der Waals surface area (Å²) in [6, 6.07) is 0. The molecule has 0 bridgehead atoms. The molecule has 0 N–H and O–H groups in total. The van der Waals surface area contributed by atoms with E-state index in [2.05, 4.69) is 27.1 Å². The fraction of sp³-hybridized carbons (Fsp3) is 0.583. The van der Waals surface area contributed by atoms with Gasteiger partial charge < -0.3 is 4.90 Å². The van der Waals surface area contributed by atoms with E-state index in [-0.39, 0.29) is 0 Å². The highest BCUT2D eigenvalue weighted by Crippen LogP contribution is 2.30. The highest BCUT2D eigenvalue weighted by molar-refractivity contribution is 6.33. The van der Waals surface area contributed by atoms with Gasteiger partial charge in [-0.25, -0.2) is 9.67 Å². The Balaban J connectivity index is 2.10. The lowest BCUT2D eigenvalue weighted by atomic mass is 10.3. The Morgan fingerprint density at radius 1 is 1.16 bits per heavy atom. The maximum absolute atomic E-state index is 6.50. The number of rotatable bonds is 1. The molecule has 1 aliphatic heterocycles. The molecule has 1 aliphatic rings. The molecule has 6 nitrogen and oxygen atoms in total. The minimum absolute atomic E-state index is 0.698. The standard InChI is InChI=1S/C12H17ClN6/c1-8-14-12(18(3)15-8)11-10(13)9-7-17(2)5-4-6-19(9)16-11/h4-7H2,1-3H3. The predicted octanol–water partition coefficient (Wildman–Crippen LogP) is 1.48. The van der Waals surface area contributed by atoms with Gasteiger partial charge in [0.25, 0.3) is 0 Å². The number of aromatic nitrogens is 5. The average Bonchev–Trinajstić information content (AvgIpc) is 2.75. The van der Waals surface area contributed by atoms with Crippen LogP contribution in [0.3, 0.4) is 0 Å². The molecule has 0 atom stereocenters. The van der Waals surface area contributed by atoms with Crippen molar-refractivity contribution in [3.8, 4) is 11.5 Å². The van der Waals surface area contributed by atoms with E-state index < -0.39 is 0 Å². The van der Waals surface area contributed by atoms with Crippen LogP contribution >= 0.6 is 11.6 Å². The predicted molar refractivity (Wildman–Crippen MR) is 72.9 cm³/mol. The molecule has 0 spiro atoms. The van der Waals surface area contributed by atoms with Gasteiger partial charge in [0.15, 0.2) is 5.82 Å². The molecule has 0 unspecified atom stereocenters. The van der Waals surface area contributed by atoms with Crippen molar-refractivity contribution in [2.45, 2.75) is 26.4 Å². The van der Waals surface area contributed by atoms with E-state index in [9.17, 15) is 0 Å². The van der Waals surface area contributed by atoms with Gasteiger partial charge in [0.05, 0.1) is 10.7 Å². The number of hydrogen-bond acceptors (Lipinski definition) is 4. The van der Waals surface area contributed by atoms with E-state index in [1.807, 2.05) is 18.7 Å². The molecule has 0 saturated heterocycles. The molecule has 2 aromatic heterocycles. The van der Waals surface area contributed by atoms with E-state index in [1.165, 1.54) is 0 Å². The summed E-state index contributed by atoms with van der Waals surface area (Å²) in [5, 5.41) is 9.58. The van der Waals surface area contributed by atoms with E-state index in [4.69, 9.17) is 11.6 Å². The van der Waals surface area contributed by atoms with Crippen molar-refractivity contribution in [1.29, 1.82) is 0 Å². The van der Waals surface area contributed by atoms with Crippen molar-refractivity contribution in [2.24, 2.45) is 7.05 Å². The van der Waals surface area contributed by atoms with Crippen molar-refractivity contribution in [2.75, 3.05) is 13.6 Å². The molecule has 3 heterocycles. The van der Waals surface area contributed by atoms with Crippen LogP contribution in [0.2, 0.25) is 5.02 Å². The second-order valence-electron chi connectivity index (χ2n) is 5.03. The van der Waals surface area contributed by atoms with Gasteiger partial charge >= 0.3 is 0 Å². The summed E-state index contributed by atoms with van der Waals surface area (Å²) < 4.78 is 3.73. The largest absolute Gasteiger partial charge is 0.300 e. The van der Waals surface area contributed by atoms with Crippen LogP contribution in [-0.2, 0) is 20.1 Å². The zero-order valence-electron chi connectivity index (χ0n) is 11.4. The first-order valence-electron chi connectivity index (χ1n) is 6.38. The van der Waals surface area contributed by atoms with Gasteiger partial charge in [-0.15, -0.1) is 0 Å². The summed E-state index contributed by atoms with van der Waals surface area (Å²) in [7, 11) is 3.97. The minimum Gasteiger partial charge on any atom is -0.300 e. The Kier molecular flexibility index (Phi) is 3.06. The smallest absolute Gasteiger partial charge is 0.180 e. The fourth-order valence-electron chi connectivity index (χ4n) is 2.50. The molecule has 0 amide bonds. The Labute approximate surface area is 117 Å². The number of fused-ring (bicyclic) bond motifs is 1. The summed E-state index contributed by atoms with van der Waals surface area (Å²) in [6.45, 7) is 4.66. The molecule has 0 saturated carbocycles. The molecule has 0 radical (unpaired) electrons. The molecule has 2 aromatic rings. The Morgan fingerprint density at radius 3 is 2.63 bits per heavy atom. The highest BCUT2D eigenvalue weighted by Gasteiger charge is 2.23. The third kappa shape index (κ3) is 2.15. The lowest BCUT2D eigenvalue weighted by Gasteiger charge is -2.11. The van der Waals surface area contributed by atoms with Crippen molar-refractivity contribution >= 4 is 11.6 Å². The van der Waals surface area contributed by atoms with Gasteiger partial charge in [0.2, 0.25) is 0 Å². The lowest BCUT2D eigenvalue weighted by Crippen LogP contribution is -2.17. The third-order valence-electron chi connectivity index (χ3n) is 3.40. The number of hydrogen-bond donors (Lipinski definition) is 0. The lowest BCUT2D eigenvalue weighted by molar-refractivity contribution is 0.332. The van der Waals surface area contributed by atoms with Gasteiger partial charge in [-0.1, -0.05) is 11.6 Å². The number of nitrogens with zero attached hydrogens (tertiary/aromatic N) is 6. The van der Waals surface area contributed by atoms with Crippen LogP contribution in [0.15, 0.2) is 0 Å². The second-order valence-corrected chi connectivity index (χ2v) is 5.41. The Hall–Kier alpha value is -1.40. The van der Waals surface area contributed by atoms with Crippen molar-refractivity contribution in [1.82, 2.24) is 29.4 Å². The number of aryl methyl sites for hydroxylation is 3. The Morgan fingerprint density at radius 2 is 1.95 bits per heavy atom. The quantitative estimate of drug-likeness (QED) is 0.794. The van der Waals surface area contributed by atoms with Crippen LogP contribution in [0.4, 0.5) is 0 Å². The molecule has 7 heteroatoms.